The van der Waals surface area contributed by atoms with E-state index in [1.807, 2.05) is 0 Å². The minimum atomic E-state index is -0.580. The molecule has 3 N–H and O–H groups in total. The minimum absolute atomic E-state index is 0.0865. The van der Waals surface area contributed by atoms with Crippen LogP contribution in [0, 0.1) is 5.82 Å². The Morgan fingerprint density at radius 3 is 3.11 bits per heavy atom. The first-order valence-electron chi connectivity index (χ1n) is 5.26. The summed E-state index contributed by atoms with van der Waals surface area (Å²) in [6.45, 7) is 0.480. The topological polar surface area (TPSA) is 80.9 Å². The Morgan fingerprint density at radius 1 is 1.56 bits per heavy atom. The lowest BCUT2D eigenvalue weighted by atomic mass is 10.3. The number of pyridine rings is 1. The third kappa shape index (κ3) is 2.88. The molecular formula is C11H11FN4OS. The van der Waals surface area contributed by atoms with E-state index >= 15 is 0 Å². The van der Waals surface area contributed by atoms with Gasteiger partial charge >= 0.3 is 0 Å². The molecule has 5 nitrogen and oxygen atoms in total. The SMILES string of the molecule is NCCc1nc(C(=O)Nc2ccncc2F)cs1. The van der Waals surface area contributed by atoms with Crippen LogP contribution >= 0.6 is 11.3 Å². The van der Waals surface area contributed by atoms with Crippen molar-refractivity contribution in [3.8, 4) is 0 Å². The van der Waals surface area contributed by atoms with Crippen molar-refractivity contribution in [1.82, 2.24) is 9.97 Å². The summed E-state index contributed by atoms with van der Waals surface area (Å²) in [4.78, 5) is 19.5. The number of anilines is 1. The highest BCUT2D eigenvalue weighted by molar-refractivity contribution is 7.09. The lowest BCUT2D eigenvalue weighted by Crippen LogP contribution is -2.14. The average molecular weight is 266 g/mol. The van der Waals surface area contributed by atoms with Crippen molar-refractivity contribution in [3.63, 3.8) is 0 Å². The van der Waals surface area contributed by atoms with E-state index in [1.54, 1.807) is 5.38 Å². The molecule has 7 heteroatoms. The van der Waals surface area contributed by atoms with Crippen molar-refractivity contribution in [1.29, 1.82) is 0 Å². The van der Waals surface area contributed by atoms with Gasteiger partial charge < -0.3 is 11.1 Å². The predicted octanol–water partition coefficient (Wildman–Crippen LogP) is 1.43. The van der Waals surface area contributed by atoms with Crippen LogP contribution in [0.5, 0.6) is 0 Å². The van der Waals surface area contributed by atoms with Crippen LogP contribution in [0.15, 0.2) is 23.8 Å². The molecule has 2 aromatic rings. The first-order valence-corrected chi connectivity index (χ1v) is 6.14. The Balaban J connectivity index is 2.10. The third-order valence-corrected chi connectivity index (χ3v) is 3.07. The van der Waals surface area contributed by atoms with Crippen molar-refractivity contribution >= 4 is 22.9 Å². The van der Waals surface area contributed by atoms with Gasteiger partial charge in [0, 0.05) is 18.0 Å². The Hall–Kier alpha value is -1.86. The number of hydrogen-bond donors (Lipinski definition) is 2. The molecule has 0 aliphatic rings. The van der Waals surface area contributed by atoms with Gasteiger partial charge in [0.05, 0.1) is 16.9 Å². The number of aromatic nitrogens is 2. The number of hydrogen-bond acceptors (Lipinski definition) is 5. The zero-order valence-corrected chi connectivity index (χ0v) is 10.2. The summed E-state index contributed by atoms with van der Waals surface area (Å²) >= 11 is 1.36. The van der Waals surface area contributed by atoms with Crippen molar-refractivity contribution < 1.29 is 9.18 Å². The summed E-state index contributed by atoms with van der Waals surface area (Å²) in [6.07, 6.45) is 3.07. The Morgan fingerprint density at radius 2 is 2.39 bits per heavy atom. The van der Waals surface area contributed by atoms with E-state index in [9.17, 15) is 9.18 Å². The Bertz CT molecular complexity index is 557. The van der Waals surface area contributed by atoms with Crippen LogP contribution in [-0.4, -0.2) is 22.4 Å². The quantitative estimate of drug-likeness (QED) is 0.877. The van der Waals surface area contributed by atoms with Crippen LogP contribution in [0.1, 0.15) is 15.5 Å². The van der Waals surface area contributed by atoms with E-state index in [1.165, 1.54) is 23.6 Å². The van der Waals surface area contributed by atoms with Gasteiger partial charge in [-0.15, -0.1) is 11.3 Å². The van der Waals surface area contributed by atoms with Gasteiger partial charge in [-0.25, -0.2) is 9.37 Å². The van der Waals surface area contributed by atoms with Gasteiger partial charge in [0.2, 0.25) is 0 Å². The number of nitrogens with zero attached hydrogens (tertiary/aromatic N) is 2. The van der Waals surface area contributed by atoms with Crippen LogP contribution in [0.3, 0.4) is 0 Å². The minimum Gasteiger partial charge on any atom is -0.330 e. The van der Waals surface area contributed by atoms with Crippen LogP contribution in [0.25, 0.3) is 0 Å². The lowest BCUT2D eigenvalue weighted by Gasteiger charge is -2.03. The molecule has 1 amide bonds. The van der Waals surface area contributed by atoms with E-state index < -0.39 is 11.7 Å². The molecule has 94 valence electrons. The monoisotopic (exact) mass is 266 g/mol. The number of rotatable bonds is 4. The van der Waals surface area contributed by atoms with Crippen LogP contribution in [0.4, 0.5) is 10.1 Å². The van der Waals surface area contributed by atoms with E-state index in [0.717, 1.165) is 11.2 Å². The second-order valence-electron chi connectivity index (χ2n) is 3.47. The molecule has 2 rings (SSSR count). The molecule has 18 heavy (non-hydrogen) atoms. The standard InChI is InChI=1S/C11H11FN4OS/c12-7-5-14-4-2-8(7)16-11(17)9-6-18-10(15-9)1-3-13/h2,4-6H,1,3,13H2,(H,14,16,17). The second-order valence-corrected chi connectivity index (χ2v) is 4.42. The molecule has 0 bridgehead atoms. The molecule has 0 atom stereocenters. The predicted molar refractivity (Wildman–Crippen MR) is 67.0 cm³/mol. The number of nitrogens with one attached hydrogen (secondary N) is 1. The number of carbonyl (C=O) groups is 1. The molecule has 2 heterocycles. The molecule has 0 spiro atoms. The zero-order valence-electron chi connectivity index (χ0n) is 9.39. The van der Waals surface area contributed by atoms with Crippen molar-refractivity contribution in [3.05, 3.63) is 40.4 Å². The zero-order chi connectivity index (χ0) is 13.0. The summed E-state index contributed by atoms with van der Waals surface area (Å²) in [6, 6.07) is 1.39. The highest BCUT2D eigenvalue weighted by atomic mass is 32.1. The summed E-state index contributed by atoms with van der Waals surface area (Å²) in [5, 5.41) is 4.86. The first kappa shape index (κ1) is 12.6. The van der Waals surface area contributed by atoms with E-state index in [0.29, 0.717) is 13.0 Å². The largest absolute Gasteiger partial charge is 0.330 e. The highest BCUT2D eigenvalue weighted by Crippen LogP contribution is 2.14. The van der Waals surface area contributed by atoms with Crippen LogP contribution in [0.2, 0.25) is 0 Å². The summed E-state index contributed by atoms with van der Waals surface area (Å²) in [5.41, 5.74) is 5.75. The summed E-state index contributed by atoms with van der Waals surface area (Å²) in [5.74, 6) is -1.03. The van der Waals surface area contributed by atoms with Gasteiger partial charge in [0.25, 0.3) is 5.91 Å². The molecule has 0 unspecified atom stereocenters. The van der Waals surface area contributed by atoms with Gasteiger partial charge in [-0.2, -0.15) is 0 Å². The van der Waals surface area contributed by atoms with Gasteiger partial charge in [0.1, 0.15) is 5.69 Å². The Labute approximate surface area is 107 Å². The summed E-state index contributed by atoms with van der Waals surface area (Å²) < 4.78 is 13.3. The van der Waals surface area contributed by atoms with Crippen LogP contribution in [-0.2, 0) is 6.42 Å². The maximum atomic E-state index is 13.3. The van der Waals surface area contributed by atoms with Gasteiger partial charge in [-0.3, -0.25) is 9.78 Å². The molecule has 0 aromatic carbocycles. The molecule has 0 aliphatic carbocycles. The van der Waals surface area contributed by atoms with Gasteiger partial charge in [-0.1, -0.05) is 0 Å². The fourth-order valence-corrected chi connectivity index (χ4v) is 2.11. The maximum Gasteiger partial charge on any atom is 0.275 e. The second kappa shape index (κ2) is 5.65. The van der Waals surface area contributed by atoms with Crippen LogP contribution < -0.4 is 11.1 Å². The molecule has 0 aliphatic heterocycles. The lowest BCUT2D eigenvalue weighted by molar-refractivity contribution is 0.102. The number of amides is 1. The van der Waals surface area contributed by atoms with Crippen molar-refractivity contribution in [2.24, 2.45) is 5.73 Å². The molecule has 0 saturated carbocycles. The average Bonchev–Trinajstić information content (AvgIpc) is 2.81. The number of thiazole rings is 1. The van der Waals surface area contributed by atoms with Crippen molar-refractivity contribution in [2.45, 2.75) is 6.42 Å². The maximum absolute atomic E-state index is 13.3. The molecular weight excluding hydrogens is 255 g/mol. The molecule has 2 aromatic heterocycles. The fraction of sp³-hybridized carbons (Fsp3) is 0.182. The van der Waals surface area contributed by atoms with E-state index in [-0.39, 0.29) is 11.4 Å². The summed E-state index contributed by atoms with van der Waals surface area (Å²) in [7, 11) is 0. The smallest absolute Gasteiger partial charge is 0.275 e. The van der Waals surface area contributed by atoms with Gasteiger partial charge in [-0.05, 0) is 12.6 Å². The van der Waals surface area contributed by atoms with Gasteiger partial charge in [0.15, 0.2) is 5.82 Å². The number of halogens is 1. The molecule has 0 radical (unpaired) electrons. The highest BCUT2D eigenvalue weighted by Gasteiger charge is 2.12. The van der Waals surface area contributed by atoms with E-state index in [4.69, 9.17) is 5.73 Å². The fourth-order valence-electron chi connectivity index (χ4n) is 1.32. The normalized spacial score (nSPS) is 10.3. The van der Waals surface area contributed by atoms with E-state index in [2.05, 4.69) is 15.3 Å². The number of carbonyl (C=O) groups excluding carboxylic acids is 1. The first-order chi connectivity index (χ1) is 8.70. The Kier molecular flexibility index (Phi) is 3.96. The van der Waals surface area contributed by atoms with Crippen molar-refractivity contribution in [2.75, 3.05) is 11.9 Å². The number of nitrogens with two attached hydrogens (primary N) is 1. The molecule has 0 fully saturated rings. The third-order valence-electron chi connectivity index (χ3n) is 2.16. The molecule has 0 saturated heterocycles.